The molecule has 0 atom stereocenters. The Morgan fingerprint density at radius 3 is 0.942 bits per heavy atom. The highest BCUT2D eigenvalue weighted by atomic mass is 16.6. The van der Waals surface area contributed by atoms with E-state index in [4.69, 9.17) is 9.47 Å². The molecule has 0 aliphatic heterocycles. The second-order valence-electron chi connectivity index (χ2n) is 20.0. The maximum atomic E-state index is 13.5. The van der Waals surface area contributed by atoms with Crippen molar-refractivity contribution in [3.8, 4) is 11.5 Å². The summed E-state index contributed by atoms with van der Waals surface area (Å²) in [5.41, 5.74) is 10.6. The predicted molar refractivity (Wildman–Crippen MR) is 282 cm³/mol. The summed E-state index contributed by atoms with van der Waals surface area (Å²) in [6.07, 6.45) is -0.475. The highest BCUT2D eigenvalue weighted by Gasteiger charge is 2.33. The minimum atomic E-state index is -0.565. The Bertz CT molecular complexity index is 2810. The number of anilines is 2. The first-order chi connectivity index (χ1) is 33.0. The first-order valence-electron chi connectivity index (χ1n) is 23.7. The van der Waals surface area contributed by atoms with Crippen molar-refractivity contribution in [2.75, 3.05) is 10.6 Å². The zero-order chi connectivity index (χ0) is 48.8. The van der Waals surface area contributed by atoms with Crippen LogP contribution in [0.5, 0.6) is 11.5 Å². The summed E-state index contributed by atoms with van der Waals surface area (Å²) in [5.74, 6) is 1.01. The molecule has 2 N–H and O–H groups in total. The minimum Gasteiger partial charge on any atom is -0.410 e. The third kappa shape index (κ3) is 10.7. The molecule has 0 bridgehead atoms. The molecule has 8 aromatic rings. The van der Waals surface area contributed by atoms with Gasteiger partial charge in [0.05, 0.1) is 0 Å². The van der Waals surface area contributed by atoms with Crippen LogP contribution in [0, 0.1) is 0 Å². The largest absolute Gasteiger partial charge is 0.417 e. The van der Waals surface area contributed by atoms with E-state index in [2.05, 4.69) is 163 Å². The fraction of sp³-hybridized carbons (Fsp3) is 0.206. The molecule has 348 valence electrons. The molecule has 0 saturated carbocycles. The summed E-state index contributed by atoms with van der Waals surface area (Å²) >= 11 is 0. The zero-order valence-electron chi connectivity index (χ0n) is 41.0. The number of hydrogen-bond acceptors (Lipinski definition) is 4. The van der Waals surface area contributed by atoms with E-state index < -0.39 is 23.0 Å². The van der Waals surface area contributed by atoms with Crippen molar-refractivity contribution in [3.63, 3.8) is 0 Å². The van der Waals surface area contributed by atoms with Gasteiger partial charge in [0.1, 0.15) is 11.5 Å². The van der Waals surface area contributed by atoms with E-state index in [1.54, 1.807) is 0 Å². The molecule has 0 spiro atoms. The predicted octanol–water partition coefficient (Wildman–Crippen LogP) is 15.8. The smallest absolute Gasteiger partial charge is 0.410 e. The molecule has 0 fully saturated rings. The molecule has 6 heteroatoms. The number of nitrogens with one attached hydrogen (secondary N) is 2. The Labute approximate surface area is 408 Å². The molecule has 8 rings (SSSR count). The molecular weight excluding hydrogens is 849 g/mol. The molecule has 0 radical (unpaired) electrons. The highest BCUT2D eigenvalue weighted by molar-refractivity contribution is 5.87. The number of carbonyl (C=O) groups excluding carboxylic acids is 2. The van der Waals surface area contributed by atoms with Crippen LogP contribution in [0.3, 0.4) is 0 Å². The van der Waals surface area contributed by atoms with Crippen molar-refractivity contribution in [3.05, 3.63) is 262 Å². The van der Waals surface area contributed by atoms with Gasteiger partial charge in [0.25, 0.3) is 0 Å². The van der Waals surface area contributed by atoms with Crippen LogP contribution in [-0.2, 0) is 28.1 Å². The van der Waals surface area contributed by atoms with Crippen LogP contribution in [0.15, 0.2) is 206 Å². The van der Waals surface area contributed by atoms with Gasteiger partial charge in [-0.2, -0.15) is 0 Å². The number of benzene rings is 8. The lowest BCUT2D eigenvalue weighted by molar-refractivity contribution is 0.213. The van der Waals surface area contributed by atoms with Gasteiger partial charge in [-0.05, 0) is 87.3 Å². The lowest BCUT2D eigenvalue weighted by Gasteiger charge is -2.32. The van der Waals surface area contributed by atoms with E-state index >= 15 is 0 Å². The first-order valence-corrected chi connectivity index (χ1v) is 23.7. The van der Waals surface area contributed by atoms with Crippen molar-refractivity contribution in [2.24, 2.45) is 0 Å². The summed E-state index contributed by atoms with van der Waals surface area (Å²) in [4.78, 5) is 27.1. The fourth-order valence-electron chi connectivity index (χ4n) is 9.19. The van der Waals surface area contributed by atoms with E-state index in [1.165, 1.54) is 11.1 Å². The Kier molecular flexibility index (Phi) is 13.8. The Morgan fingerprint density at radius 2 is 0.638 bits per heavy atom. The van der Waals surface area contributed by atoms with E-state index in [0.717, 1.165) is 44.5 Å². The van der Waals surface area contributed by atoms with Gasteiger partial charge in [-0.3, -0.25) is 10.6 Å². The lowest BCUT2D eigenvalue weighted by Crippen LogP contribution is -2.25. The van der Waals surface area contributed by atoms with Crippen molar-refractivity contribution in [2.45, 2.75) is 83.5 Å². The lowest BCUT2D eigenvalue weighted by atomic mass is 9.73. The summed E-state index contributed by atoms with van der Waals surface area (Å²) in [6, 6.07) is 69.3. The Hall–Kier alpha value is -7.70. The number of rotatable bonds is 14. The molecule has 0 aliphatic rings. The van der Waals surface area contributed by atoms with Crippen LogP contribution in [-0.4, -0.2) is 12.2 Å². The quantitative estimate of drug-likeness (QED) is 0.114. The molecule has 0 aromatic heterocycles. The highest BCUT2D eigenvalue weighted by Crippen LogP contribution is 2.43. The van der Waals surface area contributed by atoms with E-state index in [-0.39, 0.29) is 10.8 Å². The monoisotopic (exact) mass is 910 g/mol. The second-order valence-corrected chi connectivity index (χ2v) is 20.0. The number of hydrogen-bond donors (Lipinski definition) is 2. The van der Waals surface area contributed by atoms with Crippen LogP contribution in [0.4, 0.5) is 21.0 Å². The van der Waals surface area contributed by atoms with Gasteiger partial charge in [-0.15, -0.1) is 0 Å². The minimum absolute atomic E-state index is 0.279. The summed E-state index contributed by atoms with van der Waals surface area (Å²) in [5, 5.41) is 5.87. The Balaban J connectivity index is 0.920. The molecule has 2 amide bonds. The maximum absolute atomic E-state index is 13.5. The van der Waals surface area contributed by atoms with Crippen molar-refractivity contribution in [1.82, 2.24) is 0 Å². The molecule has 8 aromatic carbocycles. The van der Waals surface area contributed by atoms with Gasteiger partial charge >= 0.3 is 12.2 Å². The second kappa shape index (κ2) is 19.9. The third-order valence-corrected chi connectivity index (χ3v) is 13.9. The first kappa shape index (κ1) is 47.8. The van der Waals surface area contributed by atoms with Gasteiger partial charge in [-0.25, -0.2) is 9.59 Å². The van der Waals surface area contributed by atoms with E-state index in [9.17, 15) is 9.59 Å². The molecule has 0 heterocycles. The number of carbonyl (C=O) groups is 2. The van der Waals surface area contributed by atoms with E-state index in [0.29, 0.717) is 29.3 Å². The number of ether oxygens (including phenoxy) is 2. The molecular formula is C63H62N2O4. The average Bonchev–Trinajstić information content (AvgIpc) is 3.36. The van der Waals surface area contributed by atoms with Gasteiger partial charge in [0.15, 0.2) is 0 Å². The zero-order valence-corrected chi connectivity index (χ0v) is 41.0. The van der Waals surface area contributed by atoms with Gasteiger partial charge in [0, 0.05) is 44.2 Å². The van der Waals surface area contributed by atoms with E-state index in [1.807, 2.05) is 109 Å². The van der Waals surface area contributed by atoms with Crippen LogP contribution >= 0.6 is 0 Å². The van der Waals surface area contributed by atoms with Gasteiger partial charge in [-0.1, -0.05) is 225 Å². The Morgan fingerprint density at radius 1 is 0.348 bits per heavy atom. The molecule has 0 aliphatic carbocycles. The normalized spacial score (nSPS) is 11.9. The summed E-state index contributed by atoms with van der Waals surface area (Å²) in [6.45, 7) is 17.5. The standard InChI is InChI=1S/C63H62N2O4/c1-60(2,46-21-13-9-14-22-46)50-33-39-56(54(42-50)62(5,6)48-25-17-11-18-26-48)68-58(66)64-52-35-29-44(30-36-52)41-45-31-37-53(38-32-45)65-59(67)69-57-40-34-51(61(3,4)47-23-15-10-16-24-47)43-55(57)63(7,8)49-27-19-12-20-28-49/h9-40,42-43H,41H2,1-8H3,(H,64,66)(H,65,67). The third-order valence-electron chi connectivity index (χ3n) is 13.9. The van der Waals surface area contributed by atoms with Crippen LogP contribution in [0.1, 0.15) is 111 Å². The van der Waals surface area contributed by atoms with Gasteiger partial charge in [0.2, 0.25) is 0 Å². The SMILES string of the molecule is CC(C)(c1ccccc1)c1ccc(OC(=O)Nc2ccc(Cc3ccc(NC(=O)Oc4ccc(C(C)(C)c5ccccc5)cc4C(C)(C)c4ccccc4)cc3)cc2)c(C(C)(C)c2ccccc2)c1. The topological polar surface area (TPSA) is 76.7 Å². The summed E-state index contributed by atoms with van der Waals surface area (Å²) < 4.78 is 12.2. The molecule has 0 unspecified atom stereocenters. The van der Waals surface area contributed by atoms with Crippen LogP contribution < -0.4 is 20.1 Å². The van der Waals surface area contributed by atoms with Crippen molar-refractivity contribution in [1.29, 1.82) is 0 Å². The van der Waals surface area contributed by atoms with Crippen molar-refractivity contribution >= 4 is 23.6 Å². The molecule has 0 saturated heterocycles. The van der Waals surface area contributed by atoms with Gasteiger partial charge < -0.3 is 9.47 Å². The van der Waals surface area contributed by atoms with Crippen molar-refractivity contribution < 1.29 is 19.1 Å². The maximum Gasteiger partial charge on any atom is 0.417 e. The number of amides is 2. The molecule has 69 heavy (non-hydrogen) atoms. The fourth-order valence-corrected chi connectivity index (χ4v) is 9.19. The van der Waals surface area contributed by atoms with Crippen LogP contribution in [0.25, 0.3) is 0 Å². The van der Waals surface area contributed by atoms with Crippen LogP contribution in [0.2, 0.25) is 0 Å². The summed E-state index contributed by atoms with van der Waals surface area (Å²) in [7, 11) is 0. The average molecular weight is 911 g/mol. The molecule has 6 nitrogen and oxygen atoms in total.